The van der Waals surface area contributed by atoms with Crippen LogP contribution < -0.4 is 10.6 Å². The Morgan fingerprint density at radius 3 is 2.42 bits per heavy atom. The minimum atomic E-state index is -0.472. The lowest BCUT2D eigenvalue weighted by Gasteiger charge is -2.46. The summed E-state index contributed by atoms with van der Waals surface area (Å²) in [6.45, 7) is 2.41. The molecule has 2 aromatic carbocycles. The highest BCUT2D eigenvalue weighted by molar-refractivity contribution is 6.44. The van der Waals surface area contributed by atoms with Crippen molar-refractivity contribution in [2.24, 2.45) is 0 Å². The Hall–Kier alpha value is -1.82. The third kappa shape index (κ3) is 3.27. The molecule has 1 amide bonds. The molecule has 2 aromatic rings. The van der Waals surface area contributed by atoms with E-state index in [2.05, 4.69) is 15.5 Å². The Kier molecular flexibility index (Phi) is 4.55. The zero-order chi connectivity index (χ0) is 18.3. The van der Waals surface area contributed by atoms with Gasteiger partial charge in [-0.25, -0.2) is 4.39 Å². The van der Waals surface area contributed by atoms with Crippen LogP contribution in [0.5, 0.6) is 0 Å². The number of nitrogens with zero attached hydrogens (tertiary/aromatic N) is 1. The van der Waals surface area contributed by atoms with Gasteiger partial charge in [0, 0.05) is 32.5 Å². The van der Waals surface area contributed by atoms with Crippen molar-refractivity contribution in [1.82, 2.24) is 10.2 Å². The number of carbonyl (C=O) groups excluding carboxylic acids is 1. The number of carbonyl (C=O) groups is 1. The van der Waals surface area contributed by atoms with E-state index in [9.17, 15) is 9.18 Å². The molecule has 2 N–H and O–H groups in total. The van der Waals surface area contributed by atoms with E-state index in [0.29, 0.717) is 10.6 Å². The van der Waals surface area contributed by atoms with Gasteiger partial charge in [0.05, 0.1) is 21.3 Å². The summed E-state index contributed by atoms with van der Waals surface area (Å²) >= 11 is 12.2. The number of rotatable bonds is 2. The van der Waals surface area contributed by atoms with Crippen molar-refractivity contribution in [1.29, 1.82) is 0 Å². The summed E-state index contributed by atoms with van der Waals surface area (Å²) in [7, 11) is 0. The van der Waals surface area contributed by atoms with E-state index >= 15 is 0 Å². The second-order valence-corrected chi connectivity index (χ2v) is 7.63. The second-order valence-electron chi connectivity index (χ2n) is 6.85. The Morgan fingerprint density at radius 1 is 1.04 bits per heavy atom. The van der Waals surface area contributed by atoms with Gasteiger partial charge in [0.25, 0.3) is 5.91 Å². The van der Waals surface area contributed by atoms with Gasteiger partial charge < -0.3 is 10.6 Å². The number of hydrogen-bond donors (Lipinski definition) is 2. The predicted octanol–water partition coefficient (Wildman–Crippen LogP) is 4.28. The maximum atomic E-state index is 13.0. The van der Waals surface area contributed by atoms with Gasteiger partial charge in [-0.2, -0.15) is 0 Å². The van der Waals surface area contributed by atoms with Crippen molar-refractivity contribution >= 4 is 34.8 Å². The summed E-state index contributed by atoms with van der Waals surface area (Å²) in [5, 5.41) is 7.17. The maximum Gasteiger partial charge on any atom is 0.256 e. The molecule has 0 unspecified atom stereocenters. The van der Waals surface area contributed by atoms with Crippen molar-refractivity contribution in [3.63, 3.8) is 0 Å². The highest BCUT2D eigenvalue weighted by Gasteiger charge is 2.41. The number of nitrogens with one attached hydrogen (secondary N) is 2. The van der Waals surface area contributed by atoms with Crippen molar-refractivity contribution < 1.29 is 9.18 Å². The molecule has 2 aliphatic heterocycles. The van der Waals surface area contributed by atoms with Gasteiger partial charge >= 0.3 is 0 Å². The first-order valence-electron chi connectivity index (χ1n) is 8.51. The predicted molar refractivity (Wildman–Crippen MR) is 101 cm³/mol. The lowest BCUT2D eigenvalue weighted by atomic mass is 9.92. The molecular weight excluding hydrogens is 376 g/mol. The molecule has 26 heavy (non-hydrogen) atoms. The van der Waals surface area contributed by atoms with Gasteiger partial charge in [0.1, 0.15) is 11.5 Å². The van der Waals surface area contributed by atoms with Gasteiger partial charge in [-0.05, 0) is 29.8 Å². The van der Waals surface area contributed by atoms with Crippen LogP contribution in [0, 0.1) is 5.82 Å². The standard InChI is InChI=1S/C19H18Cl2FN3O/c20-14-5-6-15-16(17(14)21)18(26)24-19(23-15)7-9-25(10-8-19)11-12-1-3-13(22)4-2-12/h1-6,23H,7-11H2,(H,24,26). The molecule has 136 valence electrons. The molecule has 4 nitrogen and oxygen atoms in total. The Bertz CT molecular complexity index is 849. The van der Waals surface area contributed by atoms with E-state index in [1.807, 2.05) is 12.1 Å². The third-order valence-electron chi connectivity index (χ3n) is 5.08. The van der Waals surface area contributed by atoms with Gasteiger partial charge in [0.2, 0.25) is 0 Å². The average molecular weight is 394 g/mol. The summed E-state index contributed by atoms with van der Waals surface area (Å²) < 4.78 is 13.0. The van der Waals surface area contributed by atoms with Crippen LogP contribution in [0.4, 0.5) is 10.1 Å². The van der Waals surface area contributed by atoms with Gasteiger partial charge in [0.15, 0.2) is 0 Å². The van der Waals surface area contributed by atoms with E-state index in [1.54, 1.807) is 12.1 Å². The molecule has 0 atom stereocenters. The molecule has 2 heterocycles. The molecule has 0 bridgehead atoms. The van der Waals surface area contributed by atoms with Crippen LogP contribution in [-0.2, 0) is 6.54 Å². The normalized spacial score (nSPS) is 19.0. The number of benzene rings is 2. The molecule has 1 spiro atoms. The average Bonchev–Trinajstić information content (AvgIpc) is 2.62. The first kappa shape index (κ1) is 17.6. The highest BCUT2D eigenvalue weighted by Crippen LogP contribution is 2.37. The van der Waals surface area contributed by atoms with E-state index in [0.717, 1.165) is 43.7 Å². The third-order valence-corrected chi connectivity index (χ3v) is 5.88. The molecule has 1 fully saturated rings. The molecule has 0 aliphatic carbocycles. The van der Waals surface area contributed by atoms with Crippen LogP contribution >= 0.6 is 23.2 Å². The second kappa shape index (κ2) is 6.72. The van der Waals surface area contributed by atoms with Gasteiger partial charge in [-0.15, -0.1) is 0 Å². The lowest BCUT2D eigenvalue weighted by molar-refractivity contribution is 0.0822. The van der Waals surface area contributed by atoms with Crippen LogP contribution in [0.3, 0.4) is 0 Å². The number of halogens is 3. The number of hydrogen-bond acceptors (Lipinski definition) is 3. The first-order chi connectivity index (χ1) is 12.5. The van der Waals surface area contributed by atoms with Crippen molar-refractivity contribution in [2.45, 2.75) is 25.0 Å². The highest BCUT2D eigenvalue weighted by atomic mass is 35.5. The Morgan fingerprint density at radius 2 is 1.73 bits per heavy atom. The number of piperidine rings is 1. The fourth-order valence-electron chi connectivity index (χ4n) is 3.64. The summed E-state index contributed by atoms with van der Waals surface area (Å²) in [6, 6.07) is 10.1. The fraction of sp³-hybridized carbons (Fsp3) is 0.316. The lowest BCUT2D eigenvalue weighted by Crippen LogP contribution is -2.62. The number of anilines is 1. The van der Waals surface area contributed by atoms with Crippen LogP contribution in [0.1, 0.15) is 28.8 Å². The summed E-state index contributed by atoms with van der Waals surface area (Å²) in [5.74, 6) is -0.420. The Labute approximate surface area is 161 Å². The molecule has 7 heteroatoms. The molecule has 0 saturated carbocycles. The van der Waals surface area contributed by atoms with E-state index in [4.69, 9.17) is 23.2 Å². The molecule has 2 aliphatic rings. The maximum absolute atomic E-state index is 13.0. The number of amides is 1. The van der Waals surface area contributed by atoms with Crippen LogP contribution in [0.25, 0.3) is 0 Å². The molecule has 0 radical (unpaired) electrons. The van der Waals surface area contributed by atoms with E-state index < -0.39 is 5.66 Å². The van der Waals surface area contributed by atoms with Crippen LogP contribution in [-0.4, -0.2) is 29.6 Å². The largest absolute Gasteiger partial charge is 0.362 e. The monoisotopic (exact) mass is 393 g/mol. The minimum absolute atomic E-state index is 0.196. The Balaban J connectivity index is 1.46. The smallest absolute Gasteiger partial charge is 0.256 e. The van der Waals surface area contributed by atoms with Crippen molar-refractivity contribution in [2.75, 3.05) is 18.4 Å². The van der Waals surface area contributed by atoms with Crippen LogP contribution in [0.15, 0.2) is 36.4 Å². The first-order valence-corrected chi connectivity index (χ1v) is 9.27. The van der Waals surface area contributed by atoms with Crippen molar-refractivity contribution in [3.8, 4) is 0 Å². The summed E-state index contributed by atoms with van der Waals surface area (Å²) in [4.78, 5) is 14.9. The molecule has 0 aromatic heterocycles. The minimum Gasteiger partial charge on any atom is -0.362 e. The fourth-order valence-corrected chi connectivity index (χ4v) is 4.04. The van der Waals surface area contributed by atoms with Gasteiger partial charge in [-0.1, -0.05) is 35.3 Å². The van der Waals surface area contributed by atoms with Crippen LogP contribution in [0.2, 0.25) is 10.0 Å². The summed E-state index contributed by atoms with van der Waals surface area (Å²) in [6.07, 6.45) is 1.53. The molecule has 1 saturated heterocycles. The number of likely N-dealkylation sites (tertiary alicyclic amines) is 1. The topological polar surface area (TPSA) is 44.4 Å². The van der Waals surface area contributed by atoms with Gasteiger partial charge in [-0.3, -0.25) is 9.69 Å². The van der Waals surface area contributed by atoms with E-state index in [1.165, 1.54) is 12.1 Å². The number of fused-ring (bicyclic) bond motifs is 1. The summed E-state index contributed by atoms with van der Waals surface area (Å²) in [5.41, 5.74) is 1.73. The molecule has 4 rings (SSSR count). The quantitative estimate of drug-likeness (QED) is 0.799. The SMILES string of the molecule is O=C1NC2(CCN(Cc3ccc(F)cc3)CC2)Nc2ccc(Cl)c(Cl)c21. The molecular formula is C19H18Cl2FN3O. The zero-order valence-electron chi connectivity index (χ0n) is 14.0. The van der Waals surface area contributed by atoms with Crippen molar-refractivity contribution in [3.05, 3.63) is 63.4 Å². The van der Waals surface area contributed by atoms with E-state index in [-0.39, 0.29) is 16.7 Å². The zero-order valence-corrected chi connectivity index (χ0v) is 15.5.